The summed E-state index contributed by atoms with van der Waals surface area (Å²) in [6.07, 6.45) is 3.11. The lowest BCUT2D eigenvalue weighted by molar-refractivity contribution is -0.160. The Morgan fingerprint density at radius 1 is 1.26 bits per heavy atom. The number of hydrogen-bond acceptors (Lipinski definition) is 8. The maximum Gasteiger partial charge on any atom is 0.320 e. The minimum Gasteiger partial charge on any atom is -0.491 e. The first-order valence-corrected chi connectivity index (χ1v) is 11.4. The number of nitrogens with one attached hydrogen (secondary N) is 1. The van der Waals surface area contributed by atoms with E-state index >= 15 is 0 Å². The molecule has 0 atom stereocenters. The topological polar surface area (TPSA) is 103 Å². The van der Waals surface area contributed by atoms with Gasteiger partial charge in [-0.05, 0) is 57.5 Å². The summed E-state index contributed by atoms with van der Waals surface area (Å²) >= 11 is 5.87. The van der Waals surface area contributed by atoms with Gasteiger partial charge in [-0.1, -0.05) is 11.6 Å². The molecule has 8 nitrogen and oxygen atoms in total. The van der Waals surface area contributed by atoms with Crippen molar-refractivity contribution >= 4 is 45.7 Å². The third-order valence-corrected chi connectivity index (χ3v) is 6.08. The maximum absolute atomic E-state index is 13.4. The maximum atomic E-state index is 13.4. The number of nitrogen functional groups attached to an aromatic ring is 1. The highest BCUT2D eigenvalue weighted by Gasteiger charge is 2.34. The Balaban J connectivity index is 1.37. The lowest BCUT2D eigenvalue weighted by Gasteiger charge is -2.41. The average Bonchev–Trinajstić information content (AvgIpc) is 2.79. The van der Waals surface area contributed by atoms with Crippen LogP contribution in [0.15, 0.2) is 36.7 Å². The fraction of sp³-hybridized carbons (Fsp3) is 0.375. The second-order valence-electron chi connectivity index (χ2n) is 8.83. The normalized spacial score (nSPS) is 15.8. The standard InChI is InChI=1S/C24H27ClFN5O3/c1-24(2)13-34-22(32)12-31(24)7-3-4-8-33-21-11-20-16(10-19(21)27)23(29-14-28-20)30-15-5-6-18(26)17(25)9-15/h5-6,9-11,14H,3-4,7-8,12-13,27H2,1-2H3,(H,28,29,30). The smallest absolute Gasteiger partial charge is 0.320 e. The van der Waals surface area contributed by atoms with E-state index in [-0.39, 0.29) is 16.5 Å². The molecule has 0 spiro atoms. The van der Waals surface area contributed by atoms with E-state index in [2.05, 4.69) is 34.0 Å². The number of cyclic esters (lactones) is 1. The molecule has 10 heteroatoms. The van der Waals surface area contributed by atoms with Crippen LogP contribution in [0.5, 0.6) is 5.75 Å². The average molecular weight is 488 g/mol. The number of ether oxygens (including phenoxy) is 2. The number of nitrogens with two attached hydrogens (primary N) is 1. The molecule has 1 aromatic heterocycles. The van der Waals surface area contributed by atoms with Crippen LogP contribution in [0.3, 0.4) is 0 Å². The zero-order valence-electron chi connectivity index (χ0n) is 19.1. The van der Waals surface area contributed by atoms with Crippen LogP contribution < -0.4 is 15.8 Å². The summed E-state index contributed by atoms with van der Waals surface area (Å²) in [5.41, 5.74) is 7.78. The third-order valence-electron chi connectivity index (χ3n) is 5.79. The molecule has 34 heavy (non-hydrogen) atoms. The van der Waals surface area contributed by atoms with Crippen LogP contribution in [-0.4, -0.2) is 52.7 Å². The zero-order valence-corrected chi connectivity index (χ0v) is 19.9. The molecule has 1 aliphatic heterocycles. The quantitative estimate of drug-likeness (QED) is 0.271. The molecular weight excluding hydrogens is 461 g/mol. The Kier molecular flexibility index (Phi) is 7.04. The third kappa shape index (κ3) is 5.48. The number of benzene rings is 2. The van der Waals surface area contributed by atoms with Gasteiger partial charge < -0.3 is 20.5 Å². The summed E-state index contributed by atoms with van der Waals surface area (Å²) in [6, 6.07) is 7.87. The van der Waals surface area contributed by atoms with E-state index in [1.54, 1.807) is 18.2 Å². The molecule has 0 radical (unpaired) electrons. The van der Waals surface area contributed by atoms with E-state index in [1.807, 2.05) is 0 Å². The van der Waals surface area contributed by atoms with Gasteiger partial charge in [-0.25, -0.2) is 14.4 Å². The van der Waals surface area contributed by atoms with E-state index in [9.17, 15) is 9.18 Å². The van der Waals surface area contributed by atoms with Gasteiger partial charge in [-0.3, -0.25) is 9.69 Å². The molecule has 1 aliphatic rings. The highest BCUT2D eigenvalue weighted by molar-refractivity contribution is 6.31. The Morgan fingerprint density at radius 3 is 2.88 bits per heavy atom. The number of anilines is 3. The number of aromatic nitrogens is 2. The SMILES string of the molecule is CC1(C)COC(=O)CN1CCCCOc1cc2ncnc(Nc3ccc(F)c(Cl)c3)c2cc1N. The van der Waals surface area contributed by atoms with Crippen LogP contribution in [-0.2, 0) is 9.53 Å². The number of morpholine rings is 1. The molecule has 1 fully saturated rings. The van der Waals surface area contributed by atoms with Crippen molar-refractivity contribution in [2.45, 2.75) is 32.2 Å². The van der Waals surface area contributed by atoms with Crippen LogP contribution in [0, 0.1) is 5.82 Å². The van der Waals surface area contributed by atoms with Crippen molar-refractivity contribution in [1.82, 2.24) is 14.9 Å². The number of unbranched alkanes of at least 4 members (excludes halogenated alkanes) is 1. The van der Waals surface area contributed by atoms with Gasteiger partial charge in [-0.15, -0.1) is 0 Å². The minimum atomic E-state index is -0.493. The second-order valence-corrected chi connectivity index (χ2v) is 9.24. The molecule has 0 bridgehead atoms. The number of carbonyl (C=O) groups is 1. The molecule has 3 N–H and O–H groups in total. The summed E-state index contributed by atoms with van der Waals surface area (Å²) in [7, 11) is 0. The molecule has 4 rings (SSSR count). The molecular formula is C24H27ClFN5O3. The van der Waals surface area contributed by atoms with Gasteiger partial charge >= 0.3 is 5.97 Å². The Labute approximate surface area is 202 Å². The molecule has 0 aliphatic carbocycles. The number of rotatable bonds is 8. The van der Waals surface area contributed by atoms with Crippen molar-refractivity contribution in [3.05, 3.63) is 47.5 Å². The van der Waals surface area contributed by atoms with E-state index < -0.39 is 5.82 Å². The first-order chi connectivity index (χ1) is 16.2. The van der Waals surface area contributed by atoms with Crippen LogP contribution >= 0.6 is 11.6 Å². The van der Waals surface area contributed by atoms with Crippen LogP contribution in [0.1, 0.15) is 26.7 Å². The van der Waals surface area contributed by atoms with E-state index in [0.29, 0.717) is 53.6 Å². The van der Waals surface area contributed by atoms with E-state index in [0.717, 1.165) is 19.4 Å². The van der Waals surface area contributed by atoms with Gasteiger partial charge in [-0.2, -0.15) is 0 Å². The lowest BCUT2D eigenvalue weighted by atomic mass is 10.0. The van der Waals surface area contributed by atoms with Crippen molar-refractivity contribution < 1.29 is 18.7 Å². The van der Waals surface area contributed by atoms with Crippen molar-refractivity contribution in [3.8, 4) is 5.75 Å². The van der Waals surface area contributed by atoms with Crippen molar-refractivity contribution in [1.29, 1.82) is 0 Å². The molecule has 2 aromatic carbocycles. The molecule has 180 valence electrons. The molecule has 0 saturated carbocycles. The number of halogens is 2. The first-order valence-electron chi connectivity index (χ1n) is 11.0. The predicted molar refractivity (Wildman–Crippen MR) is 130 cm³/mol. The van der Waals surface area contributed by atoms with Gasteiger partial charge in [0.1, 0.15) is 30.3 Å². The predicted octanol–water partition coefficient (Wildman–Crippen LogP) is 4.54. The summed E-state index contributed by atoms with van der Waals surface area (Å²) < 4.78 is 24.5. The minimum absolute atomic E-state index is 0.0161. The molecule has 0 unspecified atom stereocenters. The highest BCUT2D eigenvalue weighted by atomic mass is 35.5. The lowest BCUT2D eigenvalue weighted by Crippen LogP contribution is -2.54. The fourth-order valence-electron chi connectivity index (χ4n) is 3.77. The number of nitrogens with zero attached hydrogens (tertiary/aromatic N) is 3. The van der Waals surface area contributed by atoms with Gasteiger partial charge in [0.2, 0.25) is 0 Å². The van der Waals surface area contributed by atoms with E-state index in [1.165, 1.54) is 18.5 Å². The highest BCUT2D eigenvalue weighted by Crippen LogP contribution is 2.32. The molecule has 2 heterocycles. The summed E-state index contributed by atoms with van der Waals surface area (Å²) in [5, 5.41) is 3.84. The number of hydrogen-bond donors (Lipinski definition) is 2. The Morgan fingerprint density at radius 2 is 2.09 bits per heavy atom. The zero-order chi connectivity index (χ0) is 24.3. The number of esters is 1. The monoisotopic (exact) mass is 487 g/mol. The van der Waals surface area contributed by atoms with Crippen LogP contribution in [0.4, 0.5) is 21.6 Å². The Hall–Kier alpha value is -3.17. The van der Waals surface area contributed by atoms with E-state index in [4.69, 9.17) is 26.8 Å². The van der Waals surface area contributed by atoms with Gasteiger partial charge in [0.25, 0.3) is 0 Å². The largest absolute Gasteiger partial charge is 0.491 e. The Bertz CT molecular complexity index is 1210. The van der Waals surface area contributed by atoms with Gasteiger partial charge in [0.05, 0.1) is 34.9 Å². The van der Waals surface area contributed by atoms with Crippen LogP contribution in [0.25, 0.3) is 10.9 Å². The molecule has 3 aromatic rings. The summed E-state index contributed by atoms with van der Waals surface area (Å²) in [6.45, 7) is 6.13. The van der Waals surface area contributed by atoms with Crippen molar-refractivity contribution in [2.75, 3.05) is 37.4 Å². The van der Waals surface area contributed by atoms with Gasteiger partial charge in [0.15, 0.2) is 0 Å². The second kappa shape index (κ2) is 9.99. The van der Waals surface area contributed by atoms with Crippen molar-refractivity contribution in [2.24, 2.45) is 0 Å². The number of fused-ring (bicyclic) bond motifs is 1. The fourth-order valence-corrected chi connectivity index (χ4v) is 3.95. The van der Waals surface area contributed by atoms with Gasteiger partial charge in [0, 0.05) is 17.1 Å². The molecule has 0 amide bonds. The van der Waals surface area contributed by atoms with Crippen molar-refractivity contribution in [3.63, 3.8) is 0 Å². The molecule has 1 saturated heterocycles. The van der Waals surface area contributed by atoms with Crippen LogP contribution in [0.2, 0.25) is 5.02 Å². The first kappa shape index (κ1) is 24.0. The summed E-state index contributed by atoms with van der Waals surface area (Å²) in [4.78, 5) is 22.3. The summed E-state index contributed by atoms with van der Waals surface area (Å²) in [5.74, 6) is 0.392. The number of carbonyl (C=O) groups excluding carboxylic acids is 1.